The number of alkyl halides is 3. The van der Waals surface area contributed by atoms with Crippen LogP contribution in [0.25, 0.3) is 0 Å². The topological polar surface area (TPSA) is 64.4 Å². The Morgan fingerprint density at radius 3 is 2.52 bits per heavy atom. The number of benzene rings is 1. The highest BCUT2D eigenvalue weighted by molar-refractivity contribution is 5.81. The summed E-state index contributed by atoms with van der Waals surface area (Å²) in [6, 6.07) is 4.77. The second-order valence-electron chi connectivity index (χ2n) is 5.87. The van der Waals surface area contributed by atoms with Gasteiger partial charge in [-0.05, 0) is 43.9 Å². The Labute approximate surface area is 133 Å². The van der Waals surface area contributed by atoms with Crippen LogP contribution in [0, 0.1) is 0 Å². The van der Waals surface area contributed by atoms with Crippen LogP contribution < -0.4 is 11.1 Å². The van der Waals surface area contributed by atoms with Gasteiger partial charge in [0.2, 0.25) is 5.91 Å². The summed E-state index contributed by atoms with van der Waals surface area (Å²) in [4.78, 5) is 12.1. The first-order chi connectivity index (χ1) is 10.8. The zero-order valence-corrected chi connectivity index (χ0v) is 12.9. The molecular weight excluding hydrogens is 309 g/mol. The molecule has 1 aliphatic heterocycles. The van der Waals surface area contributed by atoms with E-state index in [1.807, 2.05) is 6.92 Å². The van der Waals surface area contributed by atoms with Gasteiger partial charge < -0.3 is 15.8 Å². The molecule has 3 N–H and O–H groups in total. The van der Waals surface area contributed by atoms with Crippen molar-refractivity contribution in [3.8, 4) is 0 Å². The molecule has 1 heterocycles. The Morgan fingerprint density at radius 1 is 1.35 bits per heavy atom. The summed E-state index contributed by atoms with van der Waals surface area (Å²) in [6.45, 7) is 2.20. The lowest BCUT2D eigenvalue weighted by Gasteiger charge is -2.18. The van der Waals surface area contributed by atoms with E-state index in [2.05, 4.69) is 5.32 Å². The van der Waals surface area contributed by atoms with E-state index in [1.165, 1.54) is 12.1 Å². The molecule has 0 radical (unpaired) electrons. The van der Waals surface area contributed by atoms with Gasteiger partial charge in [-0.1, -0.05) is 12.1 Å². The number of ether oxygens (including phenoxy) is 1. The minimum Gasteiger partial charge on any atom is -0.364 e. The third-order valence-corrected chi connectivity index (χ3v) is 3.87. The summed E-state index contributed by atoms with van der Waals surface area (Å²) in [5.74, 6) is -0.194. The molecule has 1 aromatic carbocycles. The third kappa shape index (κ3) is 4.94. The van der Waals surface area contributed by atoms with E-state index < -0.39 is 17.8 Å². The van der Waals surface area contributed by atoms with E-state index in [0.717, 1.165) is 24.1 Å². The zero-order valence-electron chi connectivity index (χ0n) is 12.9. The third-order valence-electron chi connectivity index (χ3n) is 3.87. The van der Waals surface area contributed by atoms with Crippen LogP contribution in [0.2, 0.25) is 0 Å². The fraction of sp³-hybridized carbons (Fsp3) is 0.562. The van der Waals surface area contributed by atoms with E-state index >= 15 is 0 Å². The van der Waals surface area contributed by atoms with Crippen molar-refractivity contribution < 1.29 is 22.7 Å². The smallest absolute Gasteiger partial charge is 0.364 e. The second kappa shape index (κ2) is 7.31. The molecule has 2 rings (SSSR count). The standard InChI is InChI=1S/C16H21F3N2O2/c1-10(21-15(22)14-7-6-13(9-20)23-14)8-11-2-4-12(5-3-11)16(17,18)19/h2-5,10,13-14H,6-9,20H2,1H3,(H,21,22)/t10?,13-,14+/m1/s1. The maximum Gasteiger partial charge on any atom is 0.416 e. The predicted octanol–water partition coefficient (Wildman–Crippen LogP) is 2.26. The van der Waals surface area contributed by atoms with Gasteiger partial charge in [0.05, 0.1) is 11.7 Å². The molecule has 1 saturated heterocycles. The maximum atomic E-state index is 12.5. The Morgan fingerprint density at radius 2 is 2.00 bits per heavy atom. The molecule has 0 aliphatic carbocycles. The van der Waals surface area contributed by atoms with Crippen molar-refractivity contribution in [3.05, 3.63) is 35.4 Å². The van der Waals surface area contributed by atoms with Crippen molar-refractivity contribution in [1.29, 1.82) is 0 Å². The number of rotatable bonds is 5. The van der Waals surface area contributed by atoms with Crippen LogP contribution >= 0.6 is 0 Å². The first-order valence-electron chi connectivity index (χ1n) is 7.61. The molecule has 23 heavy (non-hydrogen) atoms. The van der Waals surface area contributed by atoms with Gasteiger partial charge in [-0.25, -0.2) is 0 Å². The molecule has 1 aliphatic rings. The summed E-state index contributed by atoms with van der Waals surface area (Å²) in [5, 5.41) is 2.83. The van der Waals surface area contributed by atoms with Crippen molar-refractivity contribution in [3.63, 3.8) is 0 Å². The number of carbonyl (C=O) groups excluding carboxylic acids is 1. The number of halogens is 3. The minimum absolute atomic E-state index is 0.0732. The molecule has 0 aromatic heterocycles. The summed E-state index contributed by atoms with van der Waals surface area (Å²) in [5.41, 5.74) is 5.56. The lowest BCUT2D eigenvalue weighted by Crippen LogP contribution is -2.41. The van der Waals surface area contributed by atoms with Gasteiger partial charge in [0.1, 0.15) is 6.10 Å². The monoisotopic (exact) mass is 330 g/mol. The number of hydrogen-bond acceptors (Lipinski definition) is 3. The van der Waals surface area contributed by atoms with Crippen LogP contribution in [0.5, 0.6) is 0 Å². The van der Waals surface area contributed by atoms with E-state index in [1.54, 1.807) is 0 Å². The molecule has 1 unspecified atom stereocenters. The van der Waals surface area contributed by atoms with Crippen LogP contribution in [0.3, 0.4) is 0 Å². The molecule has 1 amide bonds. The Bertz CT molecular complexity index is 531. The van der Waals surface area contributed by atoms with Crippen molar-refractivity contribution in [1.82, 2.24) is 5.32 Å². The lowest BCUT2D eigenvalue weighted by molar-refractivity contribution is -0.137. The molecule has 0 bridgehead atoms. The van der Waals surface area contributed by atoms with Crippen LogP contribution in [0.4, 0.5) is 13.2 Å². The summed E-state index contributed by atoms with van der Waals surface area (Å²) in [7, 11) is 0. The highest BCUT2D eigenvalue weighted by Gasteiger charge is 2.31. The second-order valence-corrected chi connectivity index (χ2v) is 5.87. The molecule has 4 nitrogen and oxygen atoms in total. The van der Waals surface area contributed by atoms with Crippen LogP contribution in [-0.4, -0.2) is 30.7 Å². The summed E-state index contributed by atoms with van der Waals surface area (Å²) >= 11 is 0. The van der Waals surface area contributed by atoms with Crippen molar-refractivity contribution in [2.45, 2.75) is 50.6 Å². The number of hydrogen-bond donors (Lipinski definition) is 2. The first-order valence-corrected chi connectivity index (χ1v) is 7.61. The molecule has 128 valence electrons. The molecule has 1 aromatic rings. The molecule has 0 saturated carbocycles. The Hall–Kier alpha value is -1.60. The van der Waals surface area contributed by atoms with E-state index in [9.17, 15) is 18.0 Å². The SMILES string of the molecule is CC(Cc1ccc(C(F)(F)F)cc1)NC(=O)[C@@H]1CC[C@H](CN)O1. The van der Waals surface area contributed by atoms with E-state index in [4.69, 9.17) is 10.5 Å². The fourth-order valence-electron chi connectivity index (χ4n) is 2.64. The Kier molecular flexibility index (Phi) is 5.64. The number of nitrogens with one attached hydrogen (secondary N) is 1. The lowest BCUT2D eigenvalue weighted by atomic mass is 10.0. The highest BCUT2D eigenvalue weighted by atomic mass is 19.4. The summed E-state index contributed by atoms with van der Waals surface area (Å²) in [6.07, 6.45) is -3.04. The van der Waals surface area contributed by atoms with Gasteiger partial charge in [-0.2, -0.15) is 13.2 Å². The van der Waals surface area contributed by atoms with Crippen molar-refractivity contribution >= 4 is 5.91 Å². The van der Waals surface area contributed by atoms with Gasteiger partial charge in [-0.15, -0.1) is 0 Å². The molecule has 3 atom stereocenters. The average Bonchev–Trinajstić information content (AvgIpc) is 2.95. The van der Waals surface area contributed by atoms with Crippen molar-refractivity contribution in [2.75, 3.05) is 6.54 Å². The van der Waals surface area contributed by atoms with Gasteiger partial charge in [0.25, 0.3) is 0 Å². The van der Waals surface area contributed by atoms with Crippen LogP contribution in [0.15, 0.2) is 24.3 Å². The quantitative estimate of drug-likeness (QED) is 0.870. The van der Waals surface area contributed by atoms with Gasteiger partial charge in [-0.3, -0.25) is 4.79 Å². The fourth-order valence-corrected chi connectivity index (χ4v) is 2.64. The molecule has 1 fully saturated rings. The van der Waals surface area contributed by atoms with Crippen molar-refractivity contribution in [2.24, 2.45) is 5.73 Å². The number of nitrogens with two attached hydrogens (primary N) is 1. The molecule has 7 heteroatoms. The average molecular weight is 330 g/mol. The van der Waals surface area contributed by atoms with E-state index in [0.29, 0.717) is 19.4 Å². The predicted molar refractivity (Wildman–Crippen MR) is 79.7 cm³/mol. The molecular formula is C16H21F3N2O2. The largest absolute Gasteiger partial charge is 0.416 e. The normalized spacial score (nSPS) is 22.8. The van der Waals surface area contributed by atoms with Gasteiger partial charge in [0.15, 0.2) is 0 Å². The highest BCUT2D eigenvalue weighted by Crippen LogP contribution is 2.29. The van der Waals surface area contributed by atoms with Crippen LogP contribution in [0.1, 0.15) is 30.9 Å². The zero-order chi connectivity index (χ0) is 17.0. The number of amides is 1. The van der Waals surface area contributed by atoms with Gasteiger partial charge in [0, 0.05) is 12.6 Å². The van der Waals surface area contributed by atoms with E-state index in [-0.39, 0.29) is 18.1 Å². The first kappa shape index (κ1) is 17.7. The minimum atomic E-state index is -4.34. The summed E-state index contributed by atoms with van der Waals surface area (Å²) < 4.78 is 43.0. The maximum absolute atomic E-state index is 12.5. The number of carbonyl (C=O) groups is 1. The Balaban J connectivity index is 1.85. The molecule has 0 spiro atoms. The van der Waals surface area contributed by atoms with Crippen LogP contribution in [-0.2, 0) is 22.1 Å². The van der Waals surface area contributed by atoms with Gasteiger partial charge >= 0.3 is 6.18 Å².